The number of aromatic nitrogens is 1. The first-order valence-electron chi connectivity index (χ1n) is 11.8. The molecule has 1 aromatic heterocycles. The molecular weight excluding hydrogens is 448 g/mol. The fraction of sp³-hybridized carbons (Fsp3) is 0.538. The van der Waals surface area contributed by atoms with Crippen molar-refractivity contribution in [2.24, 2.45) is 11.3 Å². The molecule has 3 saturated carbocycles. The first-order valence-corrected chi connectivity index (χ1v) is 11.8. The number of alkyl halides is 2. The maximum Gasteiger partial charge on any atom is 0.248 e. The van der Waals surface area contributed by atoms with E-state index in [1.807, 2.05) is 0 Å². The molecule has 1 spiro atoms. The molecule has 0 saturated heterocycles. The lowest BCUT2D eigenvalue weighted by Crippen LogP contribution is -2.53. The number of ether oxygens (including phenoxy) is 1. The number of hydrogen-bond acceptors (Lipinski definition) is 3. The predicted octanol–water partition coefficient (Wildman–Crippen LogP) is 6.46. The number of halogens is 4. The Morgan fingerprint density at radius 1 is 1.06 bits per heavy atom. The zero-order chi connectivity index (χ0) is 24.1. The van der Waals surface area contributed by atoms with E-state index in [-0.39, 0.29) is 60.5 Å². The summed E-state index contributed by atoms with van der Waals surface area (Å²) in [5.41, 5.74) is 1.24. The molecule has 5 rings (SSSR count). The fourth-order valence-electron chi connectivity index (χ4n) is 5.96. The Bertz CT molecular complexity index is 1080. The van der Waals surface area contributed by atoms with Crippen LogP contribution in [0.5, 0.6) is 0 Å². The minimum atomic E-state index is -2.71. The Hall–Kier alpha value is -2.48. The van der Waals surface area contributed by atoms with Gasteiger partial charge in [0.15, 0.2) is 0 Å². The van der Waals surface area contributed by atoms with Gasteiger partial charge < -0.3 is 10.1 Å². The van der Waals surface area contributed by atoms with Crippen LogP contribution in [0.1, 0.15) is 63.0 Å². The fourth-order valence-corrected chi connectivity index (χ4v) is 5.96. The first kappa shape index (κ1) is 23.3. The van der Waals surface area contributed by atoms with Gasteiger partial charge in [-0.2, -0.15) is 0 Å². The number of pyridine rings is 1. The van der Waals surface area contributed by atoms with Gasteiger partial charge in [-0.1, -0.05) is 0 Å². The largest absolute Gasteiger partial charge is 0.381 e. The number of methoxy groups -OCH3 is 1. The molecule has 1 aromatic carbocycles. The van der Waals surface area contributed by atoms with E-state index in [0.29, 0.717) is 16.9 Å². The predicted molar refractivity (Wildman–Crippen MR) is 120 cm³/mol. The number of nitrogens with zero attached hydrogens (tertiary/aromatic N) is 1. The standard InChI is InChI=1S/C26H28F4N2O2/c1-34-18-13-25(14-18)11-16(12-25)24(33)32-23-19(20-10-17(27)2-3-21(20)28)6-9-31-22(23)15-4-7-26(29,30)8-5-15/h2-3,6,9-10,15-16,18H,4-5,7-8,11-14H2,1H3,(H,32,33). The number of nitrogens with one attached hydrogen (secondary N) is 1. The molecule has 3 aliphatic rings. The lowest BCUT2D eigenvalue weighted by Gasteiger charge is -2.56. The zero-order valence-electron chi connectivity index (χ0n) is 19.1. The van der Waals surface area contributed by atoms with Gasteiger partial charge in [-0.05, 0) is 68.2 Å². The maximum atomic E-state index is 14.7. The molecule has 2 aromatic rings. The smallest absolute Gasteiger partial charge is 0.248 e. The number of amides is 1. The summed E-state index contributed by atoms with van der Waals surface area (Å²) in [5.74, 6) is -4.63. The van der Waals surface area contributed by atoms with E-state index < -0.39 is 17.6 Å². The van der Waals surface area contributed by atoms with E-state index in [0.717, 1.165) is 43.9 Å². The van der Waals surface area contributed by atoms with Crippen molar-refractivity contribution >= 4 is 11.6 Å². The van der Waals surface area contributed by atoms with Crippen molar-refractivity contribution in [2.45, 2.75) is 69.3 Å². The summed E-state index contributed by atoms with van der Waals surface area (Å²) >= 11 is 0. The van der Waals surface area contributed by atoms with Crippen LogP contribution in [0.15, 0.2) is 30.5 Å². The van der Waals surface area contributed by atoms with Crippen LogP contribution >= 0.6 is 0 Å². The third kappa shape index (κ3) is 4.32. The molecule has 182 valence electrons. The van der Waals surface area contributed by atoms with E-state index in [2.05, 4.69) is 10.3 Å². The number of benzene rings is 1. The van der Waals surface area contributed by atoms with E-state index in [1.165, 1.54) is 12.3 Å². The molecule has 8 heteroatoms. The molecule has 1 N–H and O–H groups in total. The van der Waals surface area contributed by atoms with Gasteiger partial charge in [-0.15, -0.1) is 0 Å². The average molecular weight is 477 g/mol. The third-order valence-electron chi connectivity index (χ3n) is 7.94. The molecule has 0 bridgehead atoms. The van der Waals surface area contributed by atoms with Crippen LogP contribution in [0.25, 0.3) is 11.1 Å². The summed E-state index contributed by atoms with van der Waals surface area (Å²) in [4.78, 5) is 17.6. The summed E-state index contributed by atoms with van der Waals surface area (Å²) in [7, 11) is 1.69. The Kier molecular flexibility index (Phi) is 5.91. The van der Waals surface area contributed by atoms with Gasteiger partial charge >= 0.3 is 0 Å². The number of rotatable bonds is 5. The van der Waals surface area contributed by atoms with Crippen LogP contribution in [0.4, 0.5) is 23.2 Å². The van der Waals surface area contributed by atoms with Crippen molar-refractivity contribution < 1.29 is 27.1 Å². The topological polar surface area (TPSA) is 51.2 Å². The van der Waals surface area contributed by atoms with Crippen LogP contribution in [-0.4, -0.2) is 30.0 Å². The highest BCUT2D eigenvalue weighted by atomic mass is 19.3. The number of hydrogen-bond donors (Lipinski definition) is 1. The van der Waals surface area contributed by atoms with Crippen LogP contribution in [0, 0.1) is 23.0 Å². The molecule has 0 atom stereocenters. The number of carbonyl (C=O) groups is 1. The molecule has 1 amide bonds. The van der Waals surface area contributed by atoms with E-state index in [4.69, 9.17) is 4.74 Å². The van der Waals surface area contributed by atoms with Crippen molar-refractivity contribution in [2.75, 3.05) is 12.4 Å². The van der Waals surface area contributed by atoms with Gasteiger partial charge in [0.2, 0.25) is 11.8 Å². The quantitative estimate of drug-likeness (QED) is 0.504. The van der Waals surface area contributed by atoms with Crippen LogP contribution in [0.2, 0.25) is 0 Å². The van der Waals surface area contributed by atoms with E-state index >= 15 is 0 Å². The van der Waals surface area contributed by atoms with Crippen molar-refractivity contribution in [1.29, 1.82) is 0 Å². The Labute approximate surface area is 196 Å². The minimum Gasteiger partial charge on any atom is -0.381 e. The molecule has 34 heavy (non-hydrogen) atoms. The Morgan fingerprint density at radius 2 is 1.76 bits per heavy atom. The van der Waals surface area contributed by atoms with Crippen LogP contribution in [0.3, 0.4) is 0 Å². The minimum absolute atomic E-state index is 0.00657. The molecule has 3 aliphatic carbocycles. The Balaban J connectivity index is 1.44. The van der Waals surface area contributed by atoms with Crippen molar-refractivity contribution in [3.8, 4) is 11.1 Å². The SMILES string of the molecule is COC1CC2(C1)CC(C(=O)Nc1c(-c3cc(F)ccc3F)ccnc1C1CCC(F)(F)CC1)C2. The van der Waals surface area contributed by atoms with Gasteiger partial charge in [0.25, 0.3) is 0 Å². The van der Waals surface area contributed by atoms with Crippen molar-refractivity contribution in [3.05, 3.63) is 47.8 Å². The lowest BCUT2D eigenvalue weighted by atomic mass is 9.50. The summed E-state index contributed by atoms with van der Waals surface area (Å²) in [6, 6.07) is 4.68. The number of carbonyl (C=O) groups excluding carboxylic acids is 1. The zero-order valence-corrected chi connectivity index (χ0v) is 19.1. The molecule has 4 nitrogen and oxygen atoms in total. The van der Waals surface area contributed by atoms with Gasteiger partial charge in [-0.25, -0.2) is 17.6 Å². The highest BCUT2D eigenvalue weighted by molar-refractivity contribution is 5.98. The van der Waals surface area contributed by atoms with Gasteiger partial charge in [0, 0.05) is 49.1 Å². The van der Waals surface area contributed by atoms with E-state index in [1.54, 1.807) is 7.11 Å². The van der Waals surface area contributed by atoms with Gasteiger partial charge in [0.1, 0.15) is 11.6 Å². The van der Waals surface area contributed by atoms with Crippen molar-refractivity contribution in [3.63, 3.8) is 0 Å². The van der Waals surface area contributed by atoms with Gasteiger partial charge in [-0.3, -0.25) is 9.78 Å². The van der Waals surface area contributed by atoms with Crippen LogP contribution < -0.4 is 5.32 Å². The highest BCUT2D eigenvalue weighted by Gasteiger charge is 2.55. The highest BCUT2D eigenvalue weighted by Crippen LogP contribution is 2.59. The normalized spacial score (nSPS) is 28.3. The monoisotopic (exact) mass is 476 g/mol. The summed E-state index contributed by atoms with van der Waals surface area (Å²) in [5, 5.41) is 2.95. The molecular formula is C26H28F4N2O2. The van der Waals surface area contributed by atoms with Gasteiger partial charge in [0.05, 0.1) is 17.5 Å². The van der Waals surface area contributed by atoms with Crippen LogP contribution in [-0.2, 0) is 9.53 Å². The third-order valence-corrected chi connectivity index (χ3v) is 7.94. The summed E-state index contributed by atoms with van der Waals surface area (Å²) < 4.78 is 61.6. The molecule has 1 heterocycles. The van der Waals surface area contributed by atoms with Crippen molar-refractivity contribution in [1.82, 2.24) is 4.98 Å². The second-order valence-electron chi connectivity index (χ2n) is 10.2. The summed E-state index contributed by atoms with van der Waals surface area (Å²) in [6.45, 7) is 0. The lowest BCUT2D eigenvalue weighted by molar-refractivity contribution is -0.148. The second kappa shape index (κ2) is 8.63. The Morgan fingerprint density at radius 3 is 2.44 bits per heavy atom. The molecule has 0 radical (unpaired) electrons. The molecule has 3 fully saturated rings. The first-order chi connectivity index (χ1) is 16.2. The van der Waals surface area contributed by atoms with E-state index in [9.17, 15) is 22.4 Å². The summed E-state index contributed by atoms with van der Waals surface area (Å²) in [6.07, 6.45) is 5.01. The maximum absolute atomic E-state index is 14.7. The second-order valence-corrected chi connectivity index (χ2v) is 10.2. The molecule has 0 unspecified atom stereocenters. The average Bonchev–Trinajstić information content (AvgIpc) is 2.74. The number of anilines is 1. The molecule has 0 aliphatic heterocycles.